The number of methoxy groups -OCH3 is 1. The maximum atomic E-state index is 12.7. The van der Waals surface area contributed by atoms with Crippen LogP contribution in [0.1, 0.15) is 48.5 Å². The fourth-order valence-electron chi connectivity index (χ4n) is 3.45. The summed E-state index contributed by atoms with van der Waals surface area (Å²) >= 11 is 1.32. The Labute approximate surface area is 182 Å². The topological polar surface area (TPSA) is 71.5 Å². The number of amides is 1. The molecule has 1 fully saturated rings. The number of nitrogens with one attached hydrogen (secondary N) is 1. The largest absolute Gasteiger partial charge is 0.468 e. The maximum Gasteiger partial charge on any atom is 0.318 e. The van der Waals surface area contributed by atoms with Gasteiger partial charge in [0, 0.05) is 30.7 Å². The molecule has 2 aromatic rings. The highest BCUT2D eigenvalue weighted by atomic mass is 32.2. The Bertz CT molecular complexity index is 849. The lowest BCUT2D eigenvalue weighted by Crippen LogP contribution is -2.25. The lowest BCUT2D eigenvalue weighted by Gasteiger charge is -2.21. The molecule has 30 heavy (non-hydrogen) atoms. The summed E-state index contributed by atoms with van der Waals surface area (Å²) in [5, 5.41) is 2.57. The van der Waals surface area contributed by atoms with Crippen LogP contribution in [0.2, 0.25) is 0 Å². The van der Waals surface area contributed by atoms with Crippen LogP contribution in [0.25, 0.3) is 0 Å². The van der Waals surface area contributed by atoms with Gasteiger partial charge in [-0.25, -0.2) is 4.98 Å². The first kappa shape index (κ1) is 22.2. The zero-order valence-electron chi connectivity index (χ0n) is 17.6. The van der Waals surface area contributed by atoms with E-state index < -0.39 is 0 Å². The van der Waals surface area contributed by atoms with Crippen LogP contribution >= 0.6 is 11.8 Å². The second kappa shape index (κ2) is 11.0. The van der Waals surface area contributed by atoms with Gasteiger partial charge < -0.3 is 15.0 Å². The van der Waals surface area contributed by atoms with Gasteiger partial charge in [0.25, 0.3) is 5.91 Å². The van der Waals surface area contributed by atoms with Crippen LogP contribution in [0.4, 0.5) is 5.82 Å². The van der Waals surface area contributed by atoms with Gasteiger partial charge in [0.15, 0.2) is 0 Å². The second-order valence-electron chi connectivity index (χ2n) is 7.39. The molecule has 0 aliphatic carbocycles. The standard InChI is InChI=1S/C23H29N3O3S/c1-17(23(28)29-2)30-20-10-6-5-9-19(20)22(27)25-16-18-11-12-21(24-15-18)26-13-7-3-4-8-14-26/h5-6,9-12,15,17H,3-4,7-8,13-14,16H2,1-2H3,(H,25,27). The Hall–Kier alpha value is -2.54. The Morgan fingerprint density at radius 1 is 1.13 bits per heavy atom. The number of rotatable bonds is 7. The molecular formula is C23H29N3O3S. The molecule has 0 spiro atoms. The smallest absolute Gasteiger partial charge is 0.318 e. The summed E-state index contributed by atoms with van der Waals surface area (Å²) in [6.07, 6.45) is 6.84. The Balaban J connectivity index is 1.60. The summed E-state index contributed by atoms with van der Waals surface area (Å²) in [6.45, 7) is 4.28. The van der Waals surface area contributed by atoms with E-state index in [1.54, 1.807) is 13.0 Å². The SMILES string of the molecule is COC(=O)C(C)Sc1ccccc1C(=O)NCc1ccc(N2CCCCCC2)nc1. The first-order valence-corrected chi connectivity index (χ1v) is 11.3. The van der Waals surface area contributed by atoms with Crippen LogP contribution in [-0.4, -0.2) is 42.3 Å². The summed E-state index contributed by atoms with van der Waals surface area (Å²) < 4.78 is 4.78. The van der Waals surface area contributed by atoms with Gasteiger partial charge in [0.1, 0.15) is 11.1 Å². The number of thioether (sulfide) groups is 1. The minimum atomic E-state index is -0.389. The molecule has 0 radical (unpaired) electrons. The molecule has 0 bridgehead atoms. The average Bonchev–Trinajstić information content (AvgIpc) is 3.07. The highest BCUT2D eigenvalue weighted by molar-refractivity contribution is 8.00. The van der Waals surface area contributed by atoms with Crippen molar-refractivity contribution in [1.29, 1.82) is 0 Å². The summed E-state index contributed by atoms with van der Waals surface area (Å²) in [5.41, 5.74) is 1.50. The van der Waals surface area contributed by atoms with E-state index >= 15 is 0 Å². The molecule has 6 nitrogen and oxygen atoms in total. The van der Waals surface area contributed by atoms with Gasteiger partial charge in [-0.05, 0) is 43.5 Å². The van der Waals surface area contributed by atoms with Gasteiger partial charge in [0.05, 0.1) is 12.7 Å². The molecule has 2 heterocycles. The van der Waals surface area contributed by atoms with E-state index in [1.165, 1.54) is 44.6 Å². The molecule has 160 valence electrons. The van der Waals surface area contributed by atoms with E-state index in [9.17, 15) is 9.59 Å². The van der Waals surface area contributed by atoms with Crippen LogP contribution in [0, 0.1) is 0 Å². The molecule has 1 atom stereocenters. The van der Waals surface area contributed by atoms with Crippen molar-refractivity contribution in [1.82, 2.24) is 10.3 Å². The molecule has 0 saturated carbocycles. The number of anilines is 1. The normalized spacial score (nSPS) is 15.2. The molecule has 1 saturated heterocycles. The summed E-state index contributed by atoms with van der Waals surface area (Å²) in [6, 6.07) is 11.3. The van der Waals surface area contributed by atoms with Crippen LogP contribution in [0.5, 0.6) is 0 Å². The number of ether oxygens (including phenoxy) is 1. The predicted octanol–water partition coefficient (Wildman–Crippen LogP) is 4.05. The third-order valence-electron chi connectivity index (χ3n) is 5.16. The predicted molar refractivity (Wildman–Crippen MR) is 120 cm³/mol. The fourth-order valence-corrected chi connectivity index (χ4v) is 4.47. The van der Waals surface area contributed by atoms with Crippen LogP contribution in [0.3, 0.4) is 0 Å². The number of benzene rings is 1. The molecule has 7 heteroatoms. The quantitative estimate of drug-likeness (QED) is 0.531. The molecule has 3 rings (SSSR count). The van der Waals surface area contributed by atoms with Crippen molar-refractivity contribution in [2.75, 3.05) is 25.1 Å². The molecule has 1 unspecified atom stereocenters. The van der Waals surface area contributed by atoms with Crippen molar-refractivity contribution >= 4 is 29.5 Å². The monoisotopic (exact) mass is 427 g/mol. The number of aromatic nitrogens is 1. The molecule has 1 amide bonds. The zero-order valence-corrected chi connectivity index (χ0v) is 18.4. The maximum absolute atomic E-state index is 12.7. The summed E-state index contributed by atoms with van der Waals surface area (Å²) in [5.74, 6) is 0.517. The van der Waals surface area contributed by atoms with Gasteiger partial charge in [0.2, 0.25) is 0 Å². The van der Waals surface area contributed by atoms with Gasteiger partial charge in [-0.1, -0.05) is 31.0 Å². The Kier molecular flexibility index (Phi) is 8.13. The first-order valence-electron chi connectivity index (χ1n) is 10.4. The van der Waals surface area contributed by atoms with Crippen molar-refractivity contribution in [3.63, 3.8) is 0 Å². The molecule has 1 aliphatic rings. The molecular weight excluding hydrogens is 398 g/mol. The third-order valence-corrected chi connectivity index (χ3v) is 6.32. The van der Waals surface area contributed by atoms with Gasteiger partial charge in [-0.3, -0.25) is 9.59 Å². The van der Waals surface area contributed by atoms with Crippen LogP contribution in [0.15, 0.2) is 47.5 Å². The minimum Gasteiger partial charge on any atom is -0.468 e. The summed E-state index contributed by atoms with van der Waals surface area (Å²) in [4.78, 5) is 32.1. The lowest BCUT2D eigenvalue weighted by molar-refractivity contribution is -0.139. The zero-order chi connectivity index (χ0) is 21.3. The van der Waals surface area contributed by atoms with Gasteiger partial charge in [-0.2, -0.15) is 0 Å². The average molecular weight is 428 g/mol. The van der Waals surface area contributed by atoms with E-state index in [4.69, 9.17) is 4.74 Å². The van der Waals surface area contributed by atoms with E-state index in [2.05, 4.69) is 15.2 Å². The summed E-state index contributed by atoms with van der Waals surface area (Å²) in [7, 11) is 1.37. The van der Waals surface area contributed by atoms with E-state index in [-0.39, 0.29) is 17.1 Å². The molecule has 1 aromatic heterocycles. The number of carbonyl (C=O) groups is 2. The van der Waals surface area contributed by atoms with E-state index in [0.717, 1.165) is 29.4 Å². The Morgan fingerprint density at radius 3 is 2.53 bits per heavy atom. The van der Waals surface area contributed by atoms with Crippen molar-refractivity contribution in [2.45, 2.75) is 49.3 Å². The van der Waals surface area contributed by atoms with Crippen molar-refractivity contribution in [2.24, 2.45) is 0 Å². The number of hydrogen-bond acceptors (Lipinski definition) is 6. The number of carbonyl (C=O) groups excluding carboxylic acids is 2. The fraction of sp³-hybridized carbons (Fsp3) is 0.435. The van der Waals surface area contributed by atoms with Crippen molar-refractivity contribution < 1.29 is 14.3 Å². The van der Waals surface area contributed by atoms with E-state index in [0.29, 0.717) is 12.1 Å². The number of nitrogens with zero attached hydrogens (tertiary/aromatic N) is 2. The van der Waals surface area contributed by atoms with Gasteiger partial charge in [-0.15, -0.1) is 11.8 Å². The first-order chi connectivity index (χ1) is 14.6. The lowest BCUT2D eigenvalue weighted by atomic mass is 10.2. The van der Waals surface area contributed by atoms with Crippen molar-refractivity contribution in [3.8, 4) is 0 Å². The highest BCUT2D eigenvalue weighted by Crippen LogP contribution is 2.27. The molecule has 1 aliphatic heterocycles. The van der Waals surface area contributed by atoms with Gasteiger partial charge >= 0.3 is 5.97 Å². The number of hydrogen-bond donors (Lipinski definition) is 1. The highest BCUT2D eigenvalue weighted by Gasteiger charge is 2.19. The Morgan fingerprint density at radius 2 is 1.87 bits per heavy atom. The minimum absolute atomic E-state index is 0.174. The van der Waals surface area contributed by atoms with E-state index in [1.807, 2.05) is 36.5 Å². The number of esters is 1. The number of pyridine rings is 1. The molecule has 1 N–H and O–H groups in total. The molecule has 1 aromatic carbocycles. The second-order valence-corrected chi connectivity index (χ2v) is 8.77. The van der Waals surface area contributed by atoms with Crippen molar-refractivity contribution in [3.05, 3.63) is 53.7 Å². The van der Waals surface area contributed by atoms with Crippen LogP contribution < -0.4 is 10.2 Å². The van der Waals surface area contributed by atoms with Crippen LogP contribution in [-0.2, 0) is 16.1 Å². The third kappa shape index (κ3) is 5.98.